The standard InChI is InChI=1S/C24H22N8OS/c1-30-19(23-29-18-20(25)26-13-27-22(18)34-23)17(14-8-4-3-5-9-14)28-21(30)24(33)32-12-15-10-6-7-11-16(15)31(32)2/h3-11,13,24,33H,12H2,1-2H3,(H2,25,26,27). The van der Waals surface area contributed by atoms with Crippen LogP contribution in [-0.4, -0.2) is 41.7 Å². The lowest BCUT2D eigenvalue weighted by molar-refractivity contribution is -0.0103. The number of fused-ring (bicyclic) bond motifs is 2. The van der Waals surface area contributed by atoms with E-state index in [0.29, 0.717) is 33.5 Å². The molecule has 0 bridgehead atoms. The van der Waals surface area contributed by atoms with E-state index in [2.05, 4.69) is 16.0 Å². The first kappa shape index (κ1) is 20.7. The van der Waals surface area contributed by atoms with E-state index in [-0.39, 0.29) is 0 Å². The fourth-order valence-corrected chi connectivity index (χ4v) is 5.42. The van der Waals surface area contributed by atoms with Crippen molar-refractivity contribution in [3.05, 3.63) is 72.3 Å². The Labute approximate surface area is 199 Å². The molecule has 1 aliphatic heterocycles. The minimum absolute atomic E-state index is 0.340. The quantitative estimate of drug-likeness (QED) is 0.410. The first-order valence-corrected chi connectivity index (χ1v) is 11.6. The van der Waals surface area contributed by atoms with Crippen molar-refractivity contribution in [3.63, 3.8) is 0 Å². The molecule has 0 radical (unpaired) electrons. The zero-order valence-corrected chi connectivity index (χ0v) is 19.4. The monoisotopic (exact) mass is 470 g/mol. The Hall–Kier alpha value is -3.86. The van der Waals surface area contributed by atoms with E-state index in [9.17, 15) is 5.11 Å². The summed E-state index contributed by atoms with van der Waals surface area (Å²) < 4.78 is 1.91. The average Bonchev–Trinajstić information content (AvgIpc) is 3.53. The third-order valence-corrected chi connectivity index (χ3v) is 7.14. The van der Waals surface area contributed by atoms with Crippen molar-refractivity contribution in [1.29, 1.82) is 0 Å². The maximum atomic E-state index is 11.5. The third-order valence-electron chi connectivity index (χ3n) is 6.17. The second-order valence-electron chi connectivity index (χ2n) is 8.15. The Bertz CT molecular complexity index is 1510. The van der Waals surface area contributed by atoms with Crippen LogP contribution < -0.4 is 10.7 Å². The van der Waals surface area contributed by atoms with Crippen LogP contribution in [0.5, 0.6) is 0 Å². The van der Waals surface area contributed by atoms with Crippen molar-refractivity contribution >= 4 is 33.2 Å². The number of thiazole rings is 1. The van der Waals surface area contributed by atoms with Crippen LogP contribution in [0, 0.1) is 0 Å². The van der Waals surface area contributed by atoms with Gasteiger partial charge in [-0.3, -0.25) is 0 Å². The molecule has 0 amide bonds. The van der Waals surface area contributed by atoms with Crippen molar-refractivity contribution in [1.82, 2.24) is 29.5 Å². The van der Waals surface area contributed by atoms with E-state index in [1.54, 1.807) is 0 Å². The Kier molecular flexibility index (Phi) is 4.80. The van der Waals surface area contributed by atoms with Gasteiger partial charge < -0.3 is 20.4 Å². The normalized spacial score (nSPS) is 14.6. The van der Waals surface area contributed by atoms with Gasteiger partial charge in [0, 0.05) is 26.2 Å². The molecule has 5 aromatic rings. The van der Waals surface area contributed by atoms with Crippen LogP contribution >= 0.6 is 11.3 Å². The van der Waals surface area contributed by atoms with Crippen LogP contribution in [0.1, 0.15) is 17.6 Å². The molecule has 6 rings (SSSR count). The minimum atomic E-state index is -0.960. The molecule has 1 unspecified atom stereocenters. The first-order valence-electron chi connectivity index (χ1n) is 10.8. The molecule has 10 heteroatoms. The molecule has 4 heterocycles. The molecule has 34 heavy (non-hydrogen) atoms. The predicted molar refractivity (Wildman–Crippen MR) is 133 cm³/mol. The molecule has 0 saturated heterocycles. The summed E-state index contributed by atoms with van der Waals surface area (Å²) in [6, 6.07) is 18.0. The highest BCUT2D eigenvalue weighted by Crippen LogP contribution is 2.40. The van der Waals surface area contributed by atoms with Gasteiger partial charge in [-0.15, -0.1) is 0 Å². The number of aliphatic hydroxyl groups excluding tert-OH is 1. The van der Waals surface area contributed by atoms with Crippen LogP contribution in [0.15, 0.2) is 60.9 Å². The fourth-order valence-electron chi connectivity index (χ4n) is 4.42. The van der Waals surface area contributed by atoms with Crippen LogP contribution in [-0.2, 0) is 13.6 Å². The summed E-state index contributed by atoms with van der Waals surface area (Å²) in [7, 11) is 3.85. The van der Waals surface area contributed by atoms with Gasteiger partial charge in [0.15, 0.2) is 17.9 Å². The highest BCUT2D eigenvalue weighted by Gasteiger charge is 2.34. The summed E-state index contributed by atoms with van der Waals surface area (Å²) in [5.74, 6) is 0.861. The maximum absolute atomic E-state index is 11.5. The number of hydrogen-bond acceptors (Lipinski definition) is 9. The number of imidazole rings is 1. The SMILES string of the molecule is CN1c2ccccc2CN1C(O)c1nc(-c2ccccc2)c(-c2nc3c(N)ncnc3s2)n1C. The Balaban J connectivity index is 1.50. The number of aliphatic hydroxyl groups is 1. The number of aromatic nitrogens is 5. The van der Waals surface area contributed by atoms with Gasteiger partial charge in [-0.25, -0.2) is 19.9 Å². The first-order chi connectivity index (χ1) is 16.5. The largest absolute Gasteiger partial charge is 0.382 e. The van der Waals surface area contributed by atoms with Gasteiger partial charge in [0.1, 0.15) is 27.4 Å². The van der Waals surface area contributed by atoms with Gasteiger partial charge in [-0.05, 0) is 11.6 Å². The molecule has 1 aliphatic rings. The zero-order chi connectivity index (χ0) is 23.4. The van der Waals surface area contributed by atoms with Crippen molar-refractivity contribution in [3.8, 4) is 22.0 Å². The maximum Gasteiger partial charge on any atom is 0.183 e. The van der Waals surface area contributed by atoms with E-state index in [1.807, 2.05) is 77.2 Å². The van der Waals surface area contributed by atoms with E-state index in [1.165, 1.54) is 17.7 Å². The molecular formula is C24H22N8OS. The summed E-state index contributed by atoms with van der Waals surface area (Å²) in [5, 5.41) is 16.1. The van der Waals surface area contributed by atoms with Crippen molar-refractivity contribution in [2.24, 2.45) is 7.05 Å². The number of anilines is 2. The third kappa shape index (κ3) is 3.15. The molecule has 0 aliphatic carbocycles. The molecule has 2 aromatic carbocycles. The number of hydrogen-bond donors (Lipinski definition) is 2. The van der Waals surface area contributed by atoms with E-state index < -0.39 is 6.23 Å². The Morgan fingerprint density at radius 2 is 1.76 bits per heavy atom. The molecular weight excluding hydrogens is 448 g/mol. The molecule has 0 spiro atoms. The van der Waals surface area contributed by atoms with Crippen LogP contribution in [0.25, 0.3) is 32.3 Å². The Morgan fingerprint density at radius 3 is 2.53 bits per heavy atom. The smallest absolute Gasteiger partial charge is 0.183 e. The number of nitrogen functional groups attached to an aromatic ring is 1. The molecule has 3 aromatic heterocycles. The second kappa shape index (κ2) is 7.87. The fraction of sp³-hybridized carbons (Fsp3) is 0.167. The molecule has 9 nitrogen and oxygen atoms in total. The number of nitrogens with zero attached hydrogens (tertiary/aromatic N) is 7. The number of benzene rings is 2. The molecule has 1 atom stereocenters. The topological polar surface area (TPSA) is 109 Å². The zero-order valence-electron chi connectivity index (χ0n) is 18.6. The summed E-state index contributed by atoms with van der Waals surface area (Å²) in [5.41, 5.74) is 11.3. The van der Waals surface area contributed by atoms with E-state index in [4.69, 9.17) is 15.7 Å². The number of hydrazine groups is 1. The lowest BCUT2D eigenvalue weighted by atomic mass is 10.1. The summed E-state index contributed by atoms with van der Waals surface area (Å²) in [6.45, 7) is 0.587. The molecule has 170 valence electrons. The number of rotatable bonds is 4. The molecule has 0 saturated carbocycles. The van der Waals surface area contributed by atoms with E-state index >= 15 is 0 Å². The average molecular weight is 471 g/mol. The van der Waals surface area contributed by atoms with Gasteiger partial charge in [0.05, 0.1) is 11.4 Å². The lowest BCUT2D eigenvalue weighted by Gasteiger charge is -2.30. The van der Waals surface area contributed by atoms with Crippen molar-refractivity contribution < 1.29 is 5.11 Å². The lowest BCUT2D eigenvalue weighted by Crippen LogP contribution is -2.38. The number of para-hydroxylation sites is 1. The summed E-state index contributed by atoms with van der Waals surface area (Å²) in [6.07, 6.45) is 0.481. The minimum Gasteiger partial charge on any atom is -0.382 e. The van der Waals surface area contributed by atoms with Gasteiger partial charge in [-0.1, -0.05) is 59.9 Å². The Morgan fingerprint density at radius 1 is 1.00 bits per heavy atom. The van der Waals surface area contributed by atoms with Crippen molar-refractivity contribution in [2.45, 2.75) is 12.8 Å². The van der Waals surface area contributed by atoms with Gasteiger partial charge in [0.2, 0.25) is 0 Å². The van der Waals surface area contributed by atoms with Gasteiger partial charge in [-0.2, -0.15) is 5.01 Å². The van der Waals surface area contributed by atoms with Crippen molar-refractivity contribution in [2.75, 3.05) is 17.8 Å². The van der Waals surface area contributed by atoms with Crippen LogP contribution in [0.2, 0.25) is 0 Å². The molecule has 0 fully saturated rings. The van der Waals surface area contributed by atoms with Gasteiger partial charge >= 0.3 is 0 Å². The second-order valence-corrected chi connectivity index (χ2v) is 9.13. The predicted octanol–water partition coefficient (Wildman–Crippen LogP) is 3.59. The van der Waals surface area contributed by atoms with Gasteiger partial charge in [0.25, 0.3) is 0 Å². The highest BCUT2D eigenvalue weighted by atomic mass is 32.1. The van der Waals surface area contributed by atoms with Crippen LogP contribution in [0.3, 0.4) is 0 Å². The molecule has 3 N–H and O–H groups in total. The van der Waals surface area contributed by atoms with E-state index in [0.717, 1.165) is 28.2 Å². The summed E-state index contributed by atoms with van der Waals surface area (Å²) in [4.78, 5) is 18.8. The highest BCUT2D eigenvalue weighted by molar-refractivity contribution is 7.21. The number of nitrogens with two attached hydrogens (primary N) is 1. The van der Waals surface area contributed by atoms with Crippen LogP contribution in [0.4, 0.5) is 11.5 Å². The summed E-state index contributed by atoms with van der Waals surface area (Å²) >= 11 is 1.43.